The van der Waals surface area contributed by atoms with Gasteiger partial charge in [-0.15, -0.1) is 0 Å². The van der Waals surface area contributed by atoms with Gasteiger partial charge in [0.25, 0.3) is 0 Å². The largest absolute Gasteiger partial charge is 0.207 e. The third-order valence-corrected chi connectivity index (χ3v) is 5.15. The van der Waals surface area contributed by atoms with Crippen molar-refractivity contribution >= 4 is 6.08 Å². The lowest BCUT2D eigenvalue weighted by Gasteiger charge is -2.31. The van der Waals surface area contributed by atoms with Gasteiger partial charge in [0, 0.05) is 6.07 Å². The molecule has 108 valence electrons. The van der Waals surface area contributed by atoms with Crippen LogP contribution in [0.1, 0.15) is 56.6 Å². The van der Waals surface area contributed by atoms with E-state index in [4.69, 9.17) is 0 Å². The molecule has 0 N–H and O–H groups in total. The van der Waals surface area contributed by atoms with Crippen molar-refractivity contribution in [3.63, 3.8) is 0 Å². The maximum atomic E-state index is 13.7. The molecular weight excluding hydrogens is 254 g/mol. The van der Waals surface area contributed by atoms with Crippen LogP contribution in [0.2, 0.25) is 0 Å². The van der Waals surface area contributed by atoms with Gasteiger partial charge in [0.15, 0.2) is 0 Å². The first-order chi connectivity index (χ1) is 9.67. The Morgan fingerprint density at radius 3 is 2.50 bits per heavy atom. The molecule has 3 rings (SSSR count). The summed E-state index contributed by atoms with van der Waals surface area (Å²) < 4.78 is 27.1. The van der Waals surface area contributed by atoms with Crippen molar-refractivity contribution in [1.82, 2.24) is 0 Å². The molecule has 0 amide bonds. The number of allylic oxidation sites excluding steroid dienone is 1. The van der Waals surface area contributed by atoms with Crippen molar-refractivity contribution in [3.8, 4) is 0 Å². The summed E-state index contributed by atoms with van der Waals surface area (Å²) in [5, 5.41) is 0. The minimum atomic E-state index is -0.464. The molecule has 0 heterocycles. The number of fused-ring (bicyclic) bond motifs is 1. The summed E-state index contributed by atoms with van der Waals surface area (Å²) >= 11 is 0. The highest BCUT2D eigenvalue weighted by Crippen LogP contribution is 2.39. The van der Waals surface area contributed by atoms with E-state index in [1.54, 1.807) is 0 Å². The first-order valence-corrected chi connectivity index (χ1v) is 7.85. The molecule has 1 fully saturated rings. The van der Waals surface area contributed by atoms with Gasteiger partial charge >= 0.3 is 0 Å². The minimum absolute atomic E-state index is 0.384. The van der Waals surface area contributed by atoms with Crippen molar-refractivity contribution in [1.29, 1.82) is 0 Å². The maximum absolute atomic E-state index is 13.7. The van der Waals surface area contributed by atoms with E-state index in [0.717, 1.165) is 30.4 Å². The zero-order valence-corrected chi connectivity index (χ0v) is 12.1. The van der Waals surface area contributed by atoms with Crippen LogP contribution < -0.4 is 0 Å². The number of hydrogen-bond donors (Lipinski definition) is 0. The van der Waals surface area contributed by atoms with E-state index in [2.05, 4.69) is 13.0 Å². The molecule has 2 aliphatic rings. The number of hydrogen-bond acceptors (Lipinski definition) is 0. The van der Waals surface area contributed by atoms with Crippen LogP contribution in [0.3, 0.4) is 0 Å². The summed E-state index contributed by atoms with van der Waals surface area (Å²) in [6.07, 6.45) is 10.1. The Bertz CT molecular complexity index is 522. The second-order valence-corrected chi connectivity index (χ2v) is 6.30. The normalized spacial score (nSPS) is 26.1. The second kappa shape index (κ2) is 5.67. The predicted molar refractivity (Wildman–Crippen MR) is 78.4 cm³/mol. The standard InChI is InChI=1S/C18H22F2/c1-2-12-3-5-13(6-4-12)14-7-8-17-15(9-14)10-16(19)11-18(17)20/h9-13H,2-8H2,1H3. The first-order valence-electron chi connectivity index (χ1n) is 7.85. The molecule has 2 aliphatic carbocycles. The van der Waals surface area contributed by atoms with Crippen LogP contribution in [-0.4, -0.2) is 0 Å². The molecule has 0 unspecified atom stereocenters. The molecule has 0 radical (unpaired) electrons. The summed E-state index contributed by atoms with van der Waals surface area (Å²) in [7, 11) is 0. The summed E-state index contributed by atoms with van der Waals surface area (Å²) in [5.41, 5.74) is 2.87. The molecular formula is C18H22F2. The van der Waals surface area contributed by atoms with E-state index >= 15 is 0 Å². The van der Waals surface area contributed by atoms with Gasteiger partial charge in [-0.05, 0) is 67.6 Å². The Morgan fingerprint density at radius 1 is 1.05 bits per heavy atom. The van der Waals surface area contributed by atoms with Gasteiger partial charge in [0.1, 0.15) is 11.6 Å². The zero-order chi connectivity index (χ0) is 14.1. The summed E-state index contributed by atoms with van der Waals surface area (Å²) in [4.78, 5) is 0. The maximum Gasteiger partial charge on any atom is 0.129 e. The molecule has 0 bridgehead atoms. The van der Waals surface area contributed by atoms with Gasteiger partial charge in [-0.1, -0.05) is 25.0 Å². The van der Waals surface area contributed by atoms with E-state index in [1.165, 1.54) is 43.7 Å². The minimum Gasteiger partial charge on any atom is -0.207 e. The molecule has 0 aromatic heterocycles. The fraction of sp³-hybridized carbons (Fsp3) is 0.556. The third kappa shape index (κ3) is 2.65. The first kappa shape index (κ1) is 13.8. The van der Waals surface area contributed by atoms with Crippen molar-refractivity contribution in [3.05, 3.63) is 40.5 Å². The van der Waals surface area contributed by atoms with Crippen LogP contribution in [-0.2, 0) is 6.42 Å². The molecule has 20 heavy (non-hydrogen) atoms. The zero-order valence-electron chi connectivity index (χ0n) is 12.1. The van der Waals surface area contributed by atoms with Crippen LogP contribution in [0.5, 0.6) is 0 Å². The Labute approximate surface area is 119 Å². The molecule has 1 aromatic rings. The molecule has 0 atom stereocenters. The van der Waals surface area contributed by atoms with Crippen LogP contribution in [0.25, 0.3) is 6.08 Å². The Kier molecular flexibility index (Phi) is 3.91. The lowest BCUT2D eigenvalue weighted by atomic mass is 9.74. The van der Waals surface area contributed by atoms with Crippen molar-refractivity contribution < 1.29 is 8.78 Å². The highest BCUT2D eigenvalue weighted by molar-refractivity contribution is 5.60. The molecule has 1 aromatic carbocycles. The summed E-state index contributed by atoms with van der Waals surface area (Å²) in [6.45, 7) is 2.27. The third-order valence-electron chi connectivity index (χ3n) is 5.15. The number of benzene rings is 1. The topological polar surface area (TPSA) is 0 Å². The highest BCUT2D eigenvalue weighted by atomic mass is 19.1. The quantitative estimate of drug-likeness (QED) is 0.668. The Morgan fingerprint density at radius 2 is 1.80 bits per heavy atom. The monoisotopic (exact) mass is 276 g/mol. The van der Waals surface area contributed by atoms with Crippen LogP contribution in [0, 0.1) is 23.5 Å². The molecule has 0 nitrogen and oxygen atoms in total. The van der Waals surface area contributed by atoms with Crippen molar-refractivity contribution in [2.24, 2.45) is 11.8 Å². The SMILES string of the molecule is CCC1CCC(C2=Cc3cc(F)cc(F)c3CC2)CC1. The molecule has 0 spiro atoms. The molecule has 0 saturated heterocycles. The van der Waals surface area contributed by atoms with Crippen molar-refractivity contribution in [2.45, 2.75) is 51.9 Å². The van der Waals surface area contributed by atoms with Crippen LogP contribution >= 0.6 is 0 Å². The molecule has 0 aliphatic heterocycles. The lowest BCUT2D eigenvalue weighted by molar-refractivity contribution is 0.292. The molecule has 1 saturated carbocycles. The summed E-state index contributed by atoms with van der Waals surface area (Å²) in [6, 6.07) is 2.49. The predicted octanol–water partition coefficient (Wildman–Crippen LogP) is 5.51. The fourth-order valence-corrected chi connectivity index (χ4v) is 3.82. The van der Waals surface area contributed by atoms with Gasteiger partial charge in [0.2, 0.25) is 0 Å². The van der Waals surface area contributed by atoms with E-state index in [0.29, 0.717) is 11.5 Å². The van der Waals surface area contributed by atoms with Crippen molar-refractivity contribution in [2.75, 3.05) is 0 Å². The van der Waals surface area contributed by atoms with Crippen LogP contribution in [0.4, 0.5) is 8.78 Å². The molecule has 2 heteroatoms. The lowest BCUT2D eigenvalue weighted by Crippen LogP contribution is -2.17. The van der Waals surface area contributed by atoms with E-state index < -0.39 is 5.82 Å². The van der Waals surface area contributed by atoms with E-state index in [1.807, 2.05) is 0 Å². The number of rotatable bonds is 2. The second-order valence-electron chi connectivity index (χ2n) is 6.30. The smallest absolute Gasteiger partial charge is 0.129 e. The Hall–Kier alpha value is -1.18. The van der Waals surface area contributed by atoms with Crippen LogP contribution in [0.15, 0.2) is 17.7 Å². The average molecular weight is 276 g/mol. The summed E-state index contributed by atoms with van der Waals surface area (Å²) in [5.74, 6) is 0.674. The fourth-order valence-electron chi connectivity index (χ4n) is 3.82. The average Bonchev–Trinajstić information content (AvgIpc) is 2.46. The van der Waals surface area contributed by atoms with Gasteiger partial charge in [-0.3, -0.25) is 0 Å². The van der Waals surface area contributed by atoms with E-state index in [9.17, 15) is 8.78 Å². The number of halogens is 2. The van der Waals surface area contributed by atoms with Gasteiger partial charge in [-0.25, -0.2) is 8.78 Å². The van der Waals surface area contributed by atoms with Gasteiger partial charge < -0.3 is 0 Å². The highest BCUT2D eigenvalue weighted by Gasteiger charge is 2.25. The van der Waals surface area contributed by atoms with E-state index in [-0.39, 0.29) is 5.82 Å². The van der Waals surface area contributed by atoms with Gasteiger partial charge in [0.05, 0.1) is 0 Å². The Balaban J connectivity index is 1.81. The van der Waals surface area contributed by atoms with Gasteiger partial charge in [-0.2, -0.15) is 0 Å².